The number of sulfonamides is 1. The maximum atomic E-state index is 12.2. The molecule has 128 valence electrons. The first-order chi connectivity index (χ1) is 11.3. The summed E-state index contributed by atoms with van der Waals surface area (Å²) in [4.78, 5) is 12.0. The lowest BCUT2D eigenvalue weighted by molar-refractivity contribution is 0.0481. The fraction of sp³-hybridized carbons (Fsp3) is 0.235. The molecular weight excluding hydrogens is 330 g/mol. The summed E-state index contributed by atoms with van der Waals surface area (Å²) >= 11 is 0. The summed E-state index contributed by atoms with van der Waals surface area (Å²) in [5, 5.41) is 9.18. The van der Waals surface area contributed by atoms with E-state index in [-0.39, 0.29) is 22.8 Å². The van der Waals surface area contributed by atoms with Gasteiger partial charge in [-0.2, -0.15) is 0 Å². The number of aromatic hydroxyl groups is 1. The minimum atomic E-state index is -3.67. The molecule has 0 bridgehead atoms. The van der Waals surface area contributed by atoms with Crippen LogP contribution in [0.5, 0.6) is 5.75 Å². The topological polar surface area (TPSA) is 92.7 Å². The van der Waals surface area contributed by atoms with Crippen molar-refractivity contribution in [2.75, 3.05) is 6.61 Å². The van der Waals surface area contributed by atoms with Gasteiger partial charge in [-0.1, -0.05) is 17.7 Å². The van der Waals surface area contributed by atoms with Crippen LogP contribution in [0.3, 0.4) is 0 Å². The number of ether oxygens (including phenoxy) is 1. The van der Waals surface area contributed by atoms with E-state index in [1.165, 1.54) is 36.4 Å². The van der Waals surface area contributed by atoms with Gasteiger partial charge < -0.3 is 9.84 Å². The van der Waals surface area contributed by atoms with Crippen LogP contribution in [0.2, 0.25) is 0 Å². The minimum Gasteiger partial charge on any atom is -0.508 e. The summed E-state index contributed by atoms with van der Waals surface area (Å²) in [7, 11) is -3.67. The standard InChI is InChI=1S/C17H19NO5S/c1-12-3-9-16(10-4-12)24(21,22)18-13(2)11-23-17(20)14-5-7-15(19)8-6-14/h3-10,13,18-19H,11H2,1-2H3. The van der Waals surface area contributed by atoms with Crippen molar-refractivity contribution in [1.29, 1.82) is 0 Å². The molecule has 24 heavy (non-hydrogen) atoms. The molecular formula is C17H19NO5S. The summed E-state index contributed by atoms with van der Waals surface area (Å²) in [6, 6.07) is 11.5. The van der Waals surface area contributed by atoms with Gasteiger partial charge in [0.2, 0.25) is 10.0 Å². The first-order valence-electron chi connectivity index (χ1n) is 7.33. The molecule has 0 aliphatic heterocycles. The van der Waals surface area contributed by atoms with Crippen LogP contribution in [0.25, 0.3) is 0 Å². The number of nitrogens with one attached hydrogen (secondary N) is 1. The zero-order valence-corrected chi connectivity index (χ0v) is 14.2. The molecule has 0 heterocycles. The number of phenols is 1. The average Bonchev–Trinajstić information content (AvgIpc) is 2.53. The lowest BCUT2D eigenvalue weighted by atomic mass is 10.2. The Labute approximate surface area is 141 Å². The molecule has 0 saturated carbocycles. The molecule has 0 aromatic heterocycles. The molecule has 2 N–H and O–H groups in total. The van der Waals surface area contributed by atoms with Crippen LogP contribution >= 0.6 is 0 Å². The first kappa shape index (κ1) is 18.0. The Balaban J connectivity index is 1.92. The monoisotopic (exact) mass is 349 g/mol. The zero-order valence-electron chi connectivity index (χ0n) is 13.4. The molecule has 2 aromatic rings. The van der Waals surface area contributed by atoms with Crippen LogP contribution in [0.15, 0.2) is 53.4 Å². The van der Waals surface area contributed by atoms with Crippen LogP contribution < -0.4 is 4.72 Å². The molecule has 2 aromatic carbocycles. The molecule has 1 atom stereocenters. The van der Waals surface area contributed by atoms with Crippen molar-refractivity contribution in [1.82, 2.24) is 4.72 Å². The summed E-state index contributed by atoms with van der Waals surface area (Å²) in [5.74, 6) is -0.540. The highest BCUT2D eigenvalue weighted by molar-refractivity contribution is 7.89. The second-order valence-corrected chi connectivity index (χ2v) is 7.19. The van der Waals surface area contributed by atoms with Gasteiger partial charge in [0.05, 0.1) is 16.5 Å². The normalized spacial score (nSPS) is 12.6. The minimum absolute atomic E-state index is 0.0470. The molecule has 0 fully saturated rings. The third-order valence-electron chi connectivity index (χ3n) is 3.26. The molecule has 2 rings (SSSR count). The number of esters is 1. The first-order valence-corrected chi connectivity index (χ1v) is 8.81. The fourth-order valence-corrected chi connectivity index (χ4v) is 3.19. The van der Waals surface area contributed by atoms with E-state index >= 15 is 0 Å². The molecule has 0 aliphatic rings. The Bertz CT molecular complexity index is 798. The highest BCUT2D eigenvalue weighted by Crippen LogP contribution is 2.12. The van der Waals surface area contributed by atoms with E-state index in [1.54, 1.807) is 19.1 Å². The van der Waals surface area contributed by atoms with Gasteiger partial charge in [0.1, 0.15) is 12.4 Å². The van der Waals surface area contributed by atoms with Crippen LogP contribution in [0.1, 0.15) is 22.8 Å². The molecule has 0 amide bonds. The lowest BCUT2D eigenvalue weighted by Crippen LogP contribution is -2.36. The third-order valence-corrected chi connectivity index (χ3v) is 4.86. The molecule has 7 heteroatoms. The molecule has 0 aliphatic carbocycles. The Morgan fingerprint density at radius 2 is 1.71 bits per heavy atom. The summed E-state index contributed by atoms with van der Waals surface area (Å²) in [6.07, 6.45) is 0. The van der Waals surface area contributed by atoms with Crippen LogP contribution in [-0.4, -0.2) is 32.1 Å². The summed E-state index contributed by atoms with van der Waals surface area (Å²) < 4.78 is 32.0. The SMILES string of the molecule is Cc1ccc(S(=O)(=O)NC(C)COC(=O)c2ccc(O)cc2)cc1. The van der Waals surface area contributed by atoms with Crippen molar-refractivity contribution in [2.45, 2.75) is 24.8 Å². The van der Waals surface area contributed by atoms with Gasteiger partial charge in [0.25, 0.3) is 0 Å². The van der Waals surface area contributed by atoms with Crippen LogP contribution in [-0.2, 0) is 14.8 Å². The number of carbonyl (C=O) groups is 1. The molecule has 1 unspecified atom stereocenters. The summed E-state index contributed by atoms with van der Waals surface area (Å²) in [6.45, 7) is 3.37. The van der Waals surface area contributed by atoms with Gasteiger partial charge in [-0.05, 0) is 50.2 Å². The molecule has 6 nitrogen and oxygen atoms in total. The molecule has 0 radical (unpaired) electrons. The van der Waals surface area contributed by atoms with E-state index < -0.39 is 22.0 Å². The Morgan fingerprint density at radius 3 is 2.29 bits per heavy atom. The predicted molar refractivity (Wildman–Crippen MR) is 89.4 cm³/mol. The lowest BCUT2D eigenvalue weighted by Gasteiger charge is -2.14. The Hall–Kier alpha value is -2.38. The van der Waals surface area contributed by atoms with E-state index in [0.29, 0.717) is 0 Å². The number of benzene rings is 2. The van der Waals surface area contributed by atoms with Gasteiger partial charge in [-0.3, -0.25) is 0 Å². The zero-order chi connectivity index (χ0) is 17.7. The quantitative estimate of drug-likeness (QED) is 0.780. The van der Waals surface area contributed by atoms with E-state index in [0.717, 1.165) is 5.56 Å². The van der Waals surface area contributed by atoms with Crippen molar-refractivity contribution in [3.05, 3.63) is 59.7 Å². The fourth-order valence-electron chi connectivity index (χ4n) is 1.97. The van der Waals surface area contributed by atoms with E-state index in [4.69, 9.17) is 4.74 Å². The average molecular weight is 349 g/mol. The van der Waals surface area contributed by atoms with E-state index in [1.807, 2.05) is 6.92 Å². The van der Waals surface area contributed by atoms with Crippen molar-refractivity contribution in [2.24, 2.45) is 0 Å². The van der Waals surface area contributed by atoms with Gasteiger partial charge in [0.15, 0.2) is 0 Å². The second-order valence-electron chi connectivity index (χ2n) is 5.48. The Morgan fingerprint density at radius 1 is 1.12 bits per heavy atom. The van der Waals surface area contributed by atoms with Gasteiger partial charge in [0, 0.05) is 0 Å². The maximum Gasteiger partial charge on any atom is 0.338 e. The number of hydrogen-bond acceptors (Lipinski definition) is 5. The van der Waals surface area contributed by atoms with Crippen molar-refractivity contribution in [3.63, 3.8) is 0 Å². The number of carbonyl (C=O) groups excluding carboxylic acids is 1. The van der Waals surface area contributed by atoms with Crippen LogP contribution in [0.4, 0.5) is 0 Å². The summed E-state index contributed by atoms with van der Waals surface area (Å²) in [5.41, 5.74) is 1.24. The highest BCUT2D eigenvalue weighted by Gasteiger charge is 2.18. The van der Waals surface area contributed by atoms with Gasteiger partial charge >= 0.3 is 5.97 Å². The van der Waals surface area contributed by atoms with Gasteiger partial charge in [-0.15, -0.1) is 0 Å². The number of aryl methyl sites for hydroxylation is 1. The smallest absolute Gasteiger partial charge is 0.338 e. The molecule has 0 spiro atoms. The van der Waals surface area contributed by atoms with E-state index in [9.17, 15) is 18.3 Å². The van der Waals surface area contributed by atoms with Crippen molar-refractivity contribution in [3.8, 4) is 5.75 Å². The van der Waals surface area contributed by atoms with Crippen LogP contribution in [0, 0.1) is 6.92 Å². The third kappa shape index (κ3) is 4.81. The maximum absolute atomic E-state index is 12.2. The Kier molecular flexibility index (Phi) is 5.58. The van der Waals surface area contributed by atoms with E-state index in [2.05, 4.69) is 4.72 Å². The number of hydrogen-bond donors (Lipinski definition) is 2. The number of phenolic OH excluding ortho intramolecular Hbond substituents is 1. The molecule has 0 saturated heterocycles. The van der Waals surface area contributed by atoms with Crippen molar-refractivity contribution < 1.29 is 23.1 Å². The largest absolute Gasteiger partial charge is 0.508 e. The predicted octanol–water partition coefficient (Wildman–Crippen LogP) is 2.22. The van der Waals surface area contributed by atoms with Gasteiger partial charge in [-0.25, -0.2) is 17.9 Å². The second kappa shape index (κ2) is 7.46. The highest BCUT2D eigenvalue weighted by atomic mass is 32.2. The number of rotatable bonds is 6. The van der Waals surface area contributed by atoms with Crippen molar-refractivity contribution >= 4 is 16.0 Å².